The van der Waals surface area contributed by atoms with Crippen LogP contribution >= 0.6 is 12.2 Å². The molecule has 1 aromatic rings. The van der Waals surface area contributed by atoms with Crippen LogP contribution < -0.4 is 5.32 Å². The molecule has 1 saturated carbocycles. The summed E-state index contributed by atoms with van der Waals surface area (Å²) in [6.45, 7) is 2.24. The first-order chi connectivity index (χ1) is 8.16. The van der Waals surface area contributed by atoms with Gasteiger partial charge in [-0.25, -0.2) is 4.98 Å². The summed E-state index contributed by atoms with van der Waals surface area (Å²) < 4.78 is 13.0. The Kier molecular flexibility index (Phi) is 4.05. The van der Waals surface area contributed by atoms with Crippen molar-refractivity contribution in [1.29, 1.82) is 0 Å². The molecule has 0 bridgehead atoms. The monoisotopic (exact) mass is 252 g/mol. The van der Waals surface area contributed by atoms with Crippen molar-refractivity contribution in [3.05, 3.63) is 29.8 Å². The van der Waals surface area contributed by atoms with E-state index >= 15 is 0 Å². The molecule has 2 atom stereocenters. The van der Waals surface area contributed by atoms with Crippen molar-refractivity contribution in [3.63, 3.8) is 0 Å². The number of nitrogens with one attached hydrogen (secondary N) is 1. The quantitative estimate of drug-likeness (QED) is 0.647. The standard InChI is InChI=1S/C13H17FN2S/c1-9-4-2-3-5-11(9)16-13(17)10-6-7-15-12(14)8-10/h6-9,11H,2-5H2,1H3,(H,16,17)/t9-,11+/m0/s1. The molecule has 0 saturated heterocycles. The maximum atomic E-state index is 13.0. The first-order valence-electron chi connectivity index (χ1n) is 6.09. The lowest BCUT2D eigenvalue weighted by atomic mass is 9.86. The van der Waals surface area contributed by atoms with Gasteiger partial charge in [-0.2, -0.15) is 4.39 Å². The Morgan fingerprint density at radius 3 is 2.94 bits per heavy atom. The van der Waals surface area contributed by atoms with E-state index in [-0.39, 0.29) is 0 Å². The lowest BCUT2D eigenvalue weighted by Gasteiger charge is -2.30. The molecule has 0 aliphatic heterocycles. The van der Waals surface area contributed by atoms with E-state index in [0.29, 0.717) is 22.5 Å². The van der Waals surface area contributed by atoms with Crippen LogP contribution in [-0.4, -0.2) is 16.0 Å². The summed E-state index contributed by atoms with van der Waals surface area (Å²) in [5.41, 5.74) is 0.713. The molecule has 2 nitrogen and oxygen atoms in total. The predicted octanol–water partition coefficient (Wildman–Crippen LogP) is 3.06. The Bertz CT molecular complexity index is 408. The van der Waals surface area contributed by atoms with Gasteiger partial charge in [0, 0.05) is 23.9 Å². The number of pyridine rings is 1. The van der Waals surface area contributed by atoms with Crippen LogP contribution in [0.2, 0.25) is 0 Å². The van der Waals surface area contributed by atoms with Crippen molar-refractivity contribution in [1.82, 2.24) is 10.3 Å². The van der Waals surface area contributed by atoms with E-state index in [1.807, 2.05) is 0 Å². The van der Waals surface area contributed by atoms with E-state index in [1.165, 1.54) is 31.5 Å². The topological polar surface area (TPSA) is 24.9 Å². The third-order valence-corrected chi connectivity index (χ3v) is 3.77. The summed E-state index contributed by atoms with van der Waals surface area (Å²) >= 11 is 5.31. The maximum Gasteiger partial charge on any atom is 0.213 e. The second kappa shape index (κ2) is 5.54. The van der Waals surface area contributed by atoms with Crippen molar-refractivity contribution < 1.29 is 4.39 Å². The molecule has 0 aromatic carbocycles. The number of hydrogen-bond acceptors (Lipinski definition) is 2. The zero-order valence-electron chi connectivity index (χ0n) is 9.95. The predicted molar refractivity (Wildman–Crippen MR) is 70.5 cm³/mol. The smallest absolute Gasteiger partial charge is 0.213 e. The van der Waals surface area contributed by atoms with E-state index in [2.05, 4.69) is 17.2 Å². The molecule has 0 spiro atoms. The highest BCUT2D eigenvalue weighted by molar-refractivity contribution is 7.80. The summed E-state index contributed by atoms with van der Waals surface area (Å²) in [7, 11) is 0. The molecule has 1 heterocycles. The van der Waals surface area contributed by atoms with Crippen molar-refractivity contribution in [2.75, 3.05) is 0 Å². The van der Waals surface area contributed by atoms with Gasteiger partial charge in [-0.15, -0.1) is 0 Å². The number of rotatable bonds is 2. The molecular weight excluding hydrogens is 235 g/mol. The van der Waals surface area contributed by atoms with Crippen LogP contribution in [0.25, 0.3) is 0 Å². The highest BCUT2D eigenvalue weighted by atomic mass is 32.1. The van der Waals surface area contributed by atoms with Crippen LogP contribution in [0.5, 0.6) is 0 Å². The van der Waals surface area contributed by atoms with Gasteiger partial charge in [-0.05, 0) is 24.8 Å². The summed E-state index contributed by atoms with van der Waals surface area (Å²) in [5.74, 6) is 0.150. The number of hydrogen-bond donors (Lipinski definition) is 1. The Balaban J connectivity index is 2.01. The molecule has 0 radical (unpaired) electrons. The third-order valence-electron chi connectivity index (χ3n) is 3.42. The lowest BCUT2D eigenvalue weighted by molar-refractivity contribution is 0.310. The van der Waals surface area contributed by atoms with E-state index in [1.54, 1.807) is 6.07 Å². The minimum atomic E-state index is -0.483. The number of aromatic nitrogens is 1. The Hall–Kier alpha value is -1.03. The van der Waals surface area contributed by atoms with Gasteiger partial charge in [0.2, 0.25) is 5.95 Å². The normalized spacial score (nSPS) is 24.4. The van der Waals surface area contributed by atoms with Crippen LogP contribution in [0.1, 0.15) is 38.2 Å². The van der Waals surface area contributed by atoms with Gasteiger partial charge in [0.15, 0.2) is 0 Å². The highest BCUT2D eigenvalue weighted by Crippen LogP contribution is 2.24. The third kappa shape index (κ3) is 3.22. The van der Waals surface area contributed by atoms with Gasteiger partial charge in [0.1, 0.15) is 4.99 Å². The molecule has 1 fully saturated rings. The fraction of sp³-hybridized carbons (Fsp3) is 0.538. The second-order valence-electron chi connectivity index (χ2n) is 4.71. The SMILES string of the molecule is C[C@H]1CCCC[C@H]1NC(=S)c1ccnc(F)c1. The first kappa shape index (κ1) is 12.4. The van der Waals surface area contributed by atoms with E-state index in [4.69, 9.17) is 12.2 Å². The molecule has 17 heavy (non-hydrogen) atoms. The Morgan fingerprint density at radius 1 is 1.47 bits per heavy atom. The largest absolute Gasteiger partial charge is 0.373 e. The van der Waals surface area contributed by atoms with Gasteiger partial charge in [-0.3, -0.25) is 0 Å². The molecule has 4 heteroatoms. The fourth-order valence-corrected chi connectivity index (χ4v) is 2.60. The molecule has 1 aliphatic rings. The Morgan fingerprint density at radius 2 is 2.24 bits per heavy atom. The average molecular weight is 252 g/mol. The molecule has 2 rings (SSSR count). The van der Waals surface area contributed by atoms with E-state index in [0.717, 1.165) is 6.42 Å². The number of halogens is 1. The van der Waals surface area contributed by atoms with Crippen molar-refractivity contribution >= 4 is 17.2 Å². The van der Waals surface area contributed by atoms with E-state index < -0.39 is 5.95 Å². The van der Waals surface area contributed by atoms with Crippen LogP contribution in [0.15, 0.2) is 18.3 Å². The van der Waals surface area contributed by atoms with Gasteiger partial charge in [0.05, 0.1) is 0 Å². The molecule has 1 N–H and O–H groups in total. The Labute approximate surface area is 107 Å². The zero-order chi connectivity index (χ0) is 12.3. The average Bonchev–Trinajstić information content (AvgIpc) is 2.32. The minimum Gasteiger partial charge on any atom is -0.373 e. The summed E-state index contributed by atoms with van der Waals surface area (Å²) in [5, 5.41) is 3.35. The second-order valence-corrected chi connectivity index (χ2v) is 5.12. The molecule has 1 aliphatic carbocycles. The highest BCUT2D eigenvalue weighted by Gasteiger charge is 2.21. The summed E-state index contributed by atoms with van der Waals surface area (Å²) in [4.78, 5) is 4.16. The molecular formula is C13H17FN2S. The lowest BCUT2D eigenvalue weighted by Crippen LogP contribution is -2.40. The van der Waals surface area contributed by atoms with Gasteiger partial charge < -0.3 is 5.32 Å². The molecule has 92 valence electrons. The molecule has 0 unspecified atom stereocenters. The van der Waals surface area contributed by atoms with Crippen molar-refractivity contribution in [2.24, 2.45) is 5.92 Å². The van der Waals surface area contributed by atoms with Gasteiger partial charge in [-0.1, -0.05) is 32.0 Å². The summed E-state index contributed by atoms with van der Waals surface area (Å²) in [6.07, 6.45) is 6.38. The fourth-order valence-electron chi connectivity index (χ4n) is 2.33. The summed E-state index contributed by atoms with van der Waals surface area (Å²) in [6, 6.07) is 3.54. The number of nitrogens with zero attached hydrogens (tertiary/aromatic N) is 1. The number of thiocarbonyl (C=S) groups is 1. The maximum absolute atomic E-state index is 13.0. The van der Waals surface area contributed by atoms with Gasteiger partial charge >= 0.3 is 0 Å². The van der Waals surface area contributed by atoms with E-state index in [9.17, 15) is 4.39 Å². The van der Waals surface area contributed by atoms with Gasteiger partial charge in [0.25, 0.3) is 0 Å². The zero-order valence-corrected chi connectivity index (χ0v) is 10.8. The first-order valence-corrected chi connectivity index (χ1v) is 6.50. The minimum absolute atomic E-state index is 0.424. The van der Waals surface area contributed by atoms with Crippen molar-refractivity contribution in [2.45, 2.75) is 38.6 Å². The van der Waals surface area contributed by atoms with Crippen molar-refractivity contribution in [3.8, 4) is 0 Å². The molecule has 0 amide bonds. The van der Waals surface area contributed by atoms with Crippen LogP contribution in [0, 0.1) is 11.9 Å². The van der Waals surface area contributed by atoms with Crippen LogP contribution in [0.3, 0.4) is 0 Å². The van der Waals surface area contributed by atoms with Crippen LogP contribution in [0.4, 0.5) is 4.39 Å². The van der Waals surface area contributed by atoms with Crippen LogP contribution in [-0.2, 0) is 0 Å². The molecule has 1 aromatic heterocycles.